The first-order valence-electron chi connectivity index (χ1n) is 6.48. The molecule has 0 aliphatic carbocycles. The first-order chi connectivity index (χ1) is 10.1. The van der Waals surface area contributed by atoms with Gasteiger partial charge in [-0.2, -0.15) is 0 Å². The molecule has 2 aromatic carbocycles. The van der Waals surface area contributed by atoms with Gasteiger partial charge >= 0.3 is 0 Å². The van der Waals surface area contributed by atoms with E-state index in [9.17, 15) is 14.3 Å². The Labute approximate surface area is 127 Å². The third kappa shape index (κ3) is 4.55. The van der Waals surface area contributed by atoms with Crippen molar-refractivity contribution in [3.63, 3.8) is 0 Å². The molecule has 1 amide bonds. The van der Waals surface area contributed by atoms with Crippen LogP contribution in [0, 0.1) is 5.82 Å². The summed E-state index contributed by atoms with van der Waals surface area (Å²) >= 11 is 5.80. The summed E-state index contributed by atoms with van der Waals surface area (Å²) in [6.07, 6.45) is 0.0574. The lowest BCUT2D eigenvalue weighted by Gasteiger charge is -2.17. The van der Waals surface area contributed by atoms with Gasteiger partial charge in [0.25, 0.3) is 0 Å². The van der Waals surface area contributed by atoms with Crippen LogP contribution in [-0.2, 0) is 11.2 Å². The fourth-order valence-corrected chi connectivity index (χ4v) is 2.13. The van der Waals surface area contributed by atoms with Crippen molar-refractivity contribution in [3.05, 3.63) is 70.5 Å². The predicted octanol–water partition coefficient (Wildman–Crippen LogP) is 2.87. The zero-order valence-electron chi connectivity index (χ0n) is 11.2. The van der Waals surface area contributed by atoms with Crippen molar-refractivity contribution in [2.45, 2.75) is 12.5 Å². The molecular formula is C16H15ClFNO2. The molecule has 0 heterocycles. The maximum absolute atomic E-state index is 13.1. The standard InChI is InChI=1S/C16H15ClFNO2/c17-13-6-4-12(5-7-13)15(10-20)19-16(21)9-11-2-1-3-14(18)8-11/h1-8,15,20H,9-10H2,(H,19,21). The van der Waals surface area contributed by atoms with E-state index in [2.05, 4.69) is 5.32 Å². The molecule has 0 saturated carbocycles. The zero-order chi connectivity index (χ0) is 15.2. The van der Waals surface area contributed by atoms with Gasteiger partial charge in [0.1, 0.15) is 5.82 Å². The van der Waals surface area contributed by atoms with E-state index in [1.165, 1.54) is 12.1 Å². The SMILES string of the molecule is O=C(Cc1cccc(F)c1)NC(CO)c1ccc(Cl)cc1. The third-order valence-electron chi connectivity index (χ3n) is 3.04. The number of aliphatic hydroxyl groups is 1. The van der Waals surface area contributed by atoms with E-state index < -0.39 is 6.04 Å². The highest BCUT2D eigenvalue weighted by Gasteiger charge is 2.14. The Bertz CT molecular complexity index is 616. The van der Waals surface area contributed by atoms with Crippen LogP contribution in [0.15, 0.2) is 48.5 Å². The van der Waals surface area contributed by atoms with Gasteiger partial charge < -0.3 is 10.4 Å². The molecule has 0 radical (unpaired) electrons. The summed E-state index contributed by atoms with van der Waals surface area (Å²) in [7, 11) is 0. The summed E-state index contributed by atoms with van der Waals surface area (Å²) in [6, 6.07) is 12.2. The number of hydrogen-bond donors (Lipinski definition) is 2. The Kier molecular flexibility index (Phi) is 5.31. The first-order valence-corrected chi connectivity index (χ1v) is 6.86. The fraction of sp³-hybridized carbons (Fsp3) is 0.188. The molecule has 2 aromatic rings. The quantitative estimate of drug-likeness (QED) is 0.892. The lowest BCUT2D eigenvalue weighted by atomic mass is 10.1. The highest BCUT2D eigenvalue weighted by Crippen LogP contribution is 2.16. The Hall–Kier alpha value is -1.91. The van der Waals surface area contributed by atoms with Gasteiger partial charge in [0.15, 0.2) is 0 Å². The first kappa shape index (κ1) is 15.5. The Morgan fingerprint density at radius 2 is 1.95 bits per heavy atom. The average molecular weight is 308 g/mol. The number of hydrogen-bond acceptors (Lipinski definition) is 2. The van der Waals surface area contributed by atoms with Crippen molar-refractivity contribution in [1.29, 1.82) is 0 Å². The highest BCUT2D eigenvalue weighted by molar-refractivity contribution is 6.30. The number of amides is 1. The van der Waals surface area contributed by atoms with Crippen LogP contribution in [0.25, 0.3) is 0 Å². The Balaban J connectivity index is 2.01. The van der Waals surface area contributed by atoms with E-state index in [4.69, 9.17) is 11.6 Å². The normalized spacial score (nSPS) is 12.0. The summed E-state index contributed by atoms with van der Waals surface area (Å²) in [5, 5.41) is 12.7. The van der Waals surface area contributed by atoms with Crippen LogP contribution in [0.3, 0.4) is 0 Å². The molecule has 0 saturated heterocycles. The highest BCUT2D eigenvalue weighted by atomic mass is 35.5. The lowest BCUT2D eigenvalue weighted by molar-refractivity contribution is -0.121. The number of benzene rings is 2. The van der Waals surface area contributed by atoms with Crippen LogP contribution in [0.4, 0.5) is 4.39 Å². The van der Waals surface area contributed by atoms with Gasteiger partial charge in [0, 0.05) is 5.02 Å². The maximum Gasteiger partial charge on any atom is 0.224 e. The summed E-state index contributed by atoms with van der Waals surface area (Å²) in [5.41, 5.74) is 1.34. The second kappa shape index (κ2) is 7.20. The number of carbonyl (C=O) groups excluding carboxylic acids is 1. The smallest absolute Gasteiger partial charge is 0.224 e. The summed E-state index contributed by atoms with van der Waals surface area (Å²) in [5.74, 6) is -0.661. The second-order valence-electron chi connectivity index (χ2n) is 4.66. The van der Waals surface area contributed by atoms with E-state index in [-0.39, 0.29) is 24.8 Å². The number of nitrogens with one attached hydrogen (secondary N) is 1. The van der Waals surface area contributed by atoms with Gasteiger partial charge in [-0.3, -0.25) is 4.79 Å². The number of halogens is 2. The largest absolute Gasteiger partial charge is 0.394 e. The fourth-order valence-electron chi connectivity index (χ4n) is 2.01. The van der Waals surface area contributed by atoms with Crippen molar-refractivity contribution in [2.75, 3.05) is 6.61 Å². The van der Waals surface area contributed by atoms with Gasteiger partial charge in [0.2, 0.25) is 5.91 Å². The number of carbonyl (C=O) groups is 1. The molecule has 0 aromatic heterocycles. The monoisotopic (exact) mass is 307 g/mol. The molecule has 2 N–H and O–H groups in total. The average Bonchev–Trinajstić information content (AvgIpc) is 2.46. The van der Waals surface area contributed by atoms with Crippen molar-refractivity contribution in [3.8, 4) is 0 Å². The zero-order valence-corrected chi connectivity index (χ0v) is 12.0. The molecule has 3 nitrogen and oxygen atoms in total. The molecule has 2 rings (SSSR count). The summed E-state index contributed by atoms with van der Waals surface area (Å²) in [6.45, 7) is -0.226. The molecule has 0 aliphatic rings. The van der Waals surface area contributed by atoms with Gasteiger partial charge in [-0.05, 0) is 35.4 Å². The van der Waals surface area contributed by atoms with E-state index in [0.29, 0.717) is 10.6 Å². The van der Waals surface area contributed by atoms with E-state index in [0.717, 1.165) is 5.56 Å². The van der Waals surface area contributed by atoms with Crippen molar-refractivity contribution >= 4 is 17.5 Å². The van der Waals surface area contributed by atoms with Crippen LogP contribution in [-0.4, -0.2) is 17.6 Å². The van der Waals surface area contributed by atoms with Crippen LogP contribution in [0.5, 0.6) is 0 Å². The van der Waals surface area contributed by atoms with Crippen molar-refractivity contribution < 1.29 is 14.3 Å². The minimum atomic E-state index is -0.511. The third-order valence-corrected chi connectivity index (χ3v) is 3.30. The molecule has 1 atom stereocenters. The minimum Gasteiger partial charge on any atom is -0.394 e. The molecule has 0 aliphatic heterocycles. The van der Waals surface area contributed by atoms with Gasteiger partial charge in [-0.1, -0.05) is 35.9 Å². The maximum atomic E-state index is 13.1. The van der Waals surface area contributed by atoms with Crippen LogP contribution in [0.1, 0.15) is 17.2 Å². The Morgan fingerprint density at radius 3 is 2.57 bits per heavy atom. The number of rotatable bonds is 5. The van der Waals surface area contributed by atoms with Crippen molar-refractivity contribution in [2.24, 2.45) is 0 Å². The molecule has 0 fully saturated rings. The summed E-state index contributed by atoms with van der Waals surface area (Å²) in [4.78, 5) is 12.0. The van der Waals surface area contributed by atoms with E-state index in [1.807, 2.05) is 0 Å². The predicted molar refractivity (Wildman–Crippen MR) is 79.5 cm³/mol. The van der Waals surface area contributed by atoms with Gasteiger partial charge in [-0.25, -0.2) is 4.39 Å². The molecule has 1 unspecified atom stereocenters. The lowest BCUT2D eigenvalue weighted by Crippen LogP contribution is -2.31. The van der Waals surface area contributed by atoms with Gasteiger partial charge in [-0.15, -0.1) is 0 Å². The molecular weight excluding hydrogens is 293 g/mol. The van der Waals surface area contributed by atoms with Gasteiger partial charge in [0.05, 0.1) is 19.1 Å². The van der Waals surface area contributed by atoms with E-state index >= 15 is 0 Å². The molecule has 0 bridgehead atoms. The Morgan fingerprint density at radius 1 is 1.24 bits per heavy atom. The van der Waals surface area contributed by atoms with Crippen LogP contribution in [0.2, 0.25) is 5.02 Å². The molecule has 21 heavy (non-hydrogen) atoms. The molecule has 0 spiro atoms. The van der Waals surface area contributed by atoms with Crippen LogP contribution < -0.4 is 5.32 Å². The second-order valence-corrected chi connectivity index (χ2v) is 5.10. The summed E-state index contributed by atoms with van der Waals surface area (Å²) < 4.78 is 13.1. The topological polar surface area (TPSA) is 49.3 Å². The van der Waals surface area contributed by atoms with E-state index in [1.54, 1.807) is 36.4 Å². The molecule has 110 valence electrons. The minimum absolute atomic E-state index is 0.0574. The number of aliphatic hydroxyl groups excluding tert-OH is 1. The van der Waals surface area contributed by atoms with Crippen molar-refractivity contribution in [1.82, 2.24) is 5.32 Å². The molecule has 5 heteroatoms. The van der Waals surface area contributed by atoms with Crippen LogP contribution >= 0.6 is 11.6 Å².